The van der Waals surface area contributed by atoms with Crippen LogP contribution in [0.1, 0.15) is 67.5 Å². The zero-order chi connectivity index (χ0) is 29.0. The molecule has 0 radical (unpaired) electrons. The van der Waals surface area contributed by atoms with Crippen molar-refractivity contribution in [2.24, 2.45) is 16.3 Å². The number of rotatable bonds is 8. The minimum absolute atomic E-state index is 0.0205. The van der Waals surface area contributed by atoms with Crippen LogP contribution in [0.4, 0.5) is 10.5 Å². The van der Waals surface area contributed by atoms with E-state index < -0.39 is 23.5 Å². The van der Waals surface area contributed by atoms with Crippen LogP contribution in [0.5, 0.6) is 0 Å². The second-order valence-corrected chi connectivity index (χ2v) is 12.5. The first-order chi connectivity index (χ1) is 19.8. The van der Waals surface area contributed by atoms with E-state index >= 15 is 0 Å². The van der Waals surface area contributed by atoms with Crippen molar-refractivity contribution in [3.8, 4) is 0 Å². The predicted octanol–water partition coefficient (Wildman–Crippen LogP) is 6.24. The van der Waals surface area contributed by atoms with Crippen molar-refractivity contribution in [1.29, 1.82) is 0 Å². The lowest BCUT2D eigenvalue weighted by atomic mass is 9.68. The summed E-state index contributed by atoms with van der Waals surface area (Å²) < 4.78 is 0. The van der Waals surface area contributed by atoms with E-state index in [1.807, 2.05) is 86.8 Å². The number of ketones is 1. The van der Waals surface area contributed by atoms with Gasteiger partial charge >= 0.3 is 6.03 Å². The molecule has 8 heteroatoms. The van der Waals surface area contributed by atoms with E-state index in [0.29, 0.717) is 17.9 Å². The highest BCUT2D eigenvalue weighted by Crippen LogP contribution is 2.39. The molecule has 1 atom stereocenters. The number of thiophene rings is 1. The van der Waals surface area contributed by atoms with Crippen LogP contribution in [-0.4, -0.2) is 36.1 Å². The molecular weight excluding hydrogens is 532 g/mol. The van der Waals surface area contributed by atoms with Crippen molar-refractivity contribution < 1.29 is 14.4 Å². The van der Waals surface area contributed by atoms with Crippen molar-refractivity contribution in [1.82, 2.24) is 10.6 Å². The van der Waals surface area contributed by atoms with Gasteiger partial charge in [0, 0.05) is 21.4 Å². The molecule has 1 saturated carbocycles. The Morgan fingerprint density at radius 2 is 1.71 bits per heavy atom. The lowest BCUT2D eigenvalue weighted by Gasteiger charge is -2.37. The van der Waals surface area contributed by atoms with Gasteiger partial charge < -0.3 is 15.5 Å². The van der Waals surface area contributed by atoms with Crippen LogP contribution in [0.3, 0.4) is 0 Å². The monoisotopic (exact) mass is 570 g/mol. The molecular formula is C33H38N4O3S. The number of nitrogens with zero attached hydrogens (tertiary/aromatic N) is 2. The number of Topliss-reactive ketones (excluding diaryl/α,β-unsaturated/α-hetero) is 1. The molecule has 7 nitrogen and oxygen atoms in total. The van der Waals surface area contributed by atoms with Crippen LogP contribution in [-0.2, 0) is 16.1 Å². The van der Waals surface area contributed by atoms with Crippen LogP contribution in [0.25, 0.3) is 0 Å². The number of aliphatic imine (C=N–C) groups is 1. The van der Waals surface area contributed by atoms with E-state index in [1.165, 1.54) is 11.3 Å². The van der Waals surface area contributed by atoms with Gasteiger partial charge in [0.05, 0.1) is 24.5 Å². The molecule has 2 aliphatic rings. The lowest BCUT2D eigenvalue weighted by Crippen LogP contribution is -2.52. The van der Waals surface area contributed by atoms with Crippen LogP contribution in [0, 0.1) is 18.3 Å². The van der Waals surface area contributed by atoms with Crippen LogP contribution in [0.2, 0.25) is 0 Å². The van der Waals surface area contributed by atoms with Crippen molar-refractivity contribution in [3.63, 3.8) is 0 Å². The molecule has 1 unspecified atom stereocenters. The second kappa shape index (κ2) is 12.4. The Morgan fingerprint density at radius 1 is 1.00 bits per heavy atom. The van der Waals surface area contributed by atoms with Gasteiger partial charge in [-0.15, -0.1) is 11.3 Å². The van der Waals surface area contributed by atoms with Crippen LogP contribution >= 0.6 is 11.3 Å². The standard InChI is InChI=1S/C33H38N4O3S/c1-22-18-19-41-27(22)20-34-32(40)36-30-31(39)37(21-28(38)33(2,3)24-14-8-5-9-15-24)26-17-11-10-16-25(26)29(35-30)23-12-6-4-7-13-23/h4,6-7,10-13,16-19,24,30H,5,8-9,14-15,20-21H2,1-3H3,(H2,34,36,40). The van der Waals surface area contributed by atoms with Gasteiger partial charge in [-0.3, -0.25) is 9.59 Å². The number of carbonyl (C=O) groups is 3. The van der Waals surface area contributed by atoms with E-state index in [2.05, 4.69) is 10.6 Å². The number of fused-ring (bicyclic) bond motifs is 1. The molecule has 1 aromatic heterocycles. The zero-order valence-electron chi connectivity index (χ0n) is 24.0. The number of aryl methyl sites for hydroxylation is 1. The summed E-state index contributed by atoms with van der Waals surface area (Å²) >= 11 is 1.57. The Hall–Kier alpha value is -3.78. The topological polar surface area (TPSA) is 90.9 Å². The van der Waals surface area contributed by atoms with Gasteiger partial charge in [-0.25, -0.2) is 9.79 Å². The molecule has 2 aromatic carbocycles. The molecule has 2 N–H and O–H groups in total. The molecule has 1 fully saturated rings. The molecule has 0 saturated heterocycles. The number of urea groups is 1. The molecule has 0 bridgehead atoms. The average molecular weight is 571 g/mol. The molecule has 1 aliphatic heterocycles. The third kappa shape index (κ3) is 6.27. The van der Waals surface area contributed by atoms with E-state index in [1.54, 1.807) is 11.3 Å². The summed E-state index contributed by atoms with van der Waals surface area (Å²) in [6, 6.07) is 18.7. The van der Waals surface area contributed by atoms with Gasteiger partial charge in [-0.1, -0.05) is 81.6 Å². The van der Waals surface area contributed by atoms with Gasteiger partial charge in [0.1, 0.15) is 0 Å². The highest BCUT2D eigenvalue weighted by Gasteiger charge is 2.40. The maximum absolute atomic E-state index is 14.2. The number of carbonyl (C=O) groups excluding carboxylic acids is 3. The molecule has 5 rings (SSSR count). The molecule has 3 amide bonds. The predicted molar refractivity (Wildman–Crippen MR) is 164 cm³/mol. The average Bonchev–Trinajstić information content (AvgIpc) is 3.37. The Bertz CT molecular complexity index is 1440. The fourth-order valence-electron chi connectivity index (χ4n) is 5.83. The summed E-state index contributed by atoms with van der Waals surface area (Å²) in [6.07, 6.45) is 4.32. The number of benzene rings is 2. The number of hydrogen-bond acceptors (Lipinski definition) is 5. The zero-order valence-corrected chi connectivity index (χ0v) is 24.8. The summed E-state index contributed by atoms with van der Waals surface area (Å²) in [4.78, 5) is 48.5. The van der Waals surface area contributed by atoms with Crippen molar-refractivity contribution in [2.75, 3.05) is 11.4 Å². The van der Waals surface area contributed by atoms with Crippen LogP contribution < -0.4 is 15.5 Å². The van der Waals surface area contributed by atoms with Gasteiger partial charge in [0.2, 0.25) is 6.17 Å². The number of para-hydroxylation sites is 1. The number of anilines is 1. The molecule has 214 valence electrons. The number of nitrogens with one attached hydrogen (secondary N) is 2. The maximum Gasteiger partial charge on any atom is 0.317 e. The summed E-state index contributed by atoms with van der Waals surface area (Å²) in [6.45, 7) is 6.30. The van der Waals surface area contributed by atoms with Crippen molar-refractivity contribution in [2.45, 2.75) is 65.6 Å². The number of amides is 3. The number of hydrogen-bond donors (Lipinski definition) is 2. The number of benzodiazepines with no additional fused rings is 1. The summed E-state index contributed by atoms with van der Waals surface area (Å²) in [5.74, 6) is -0.122. The lowest BCUT2D eigenvalue weighted by molar-refractivity contribution is -0.131. The largest absolute Gasteiger partial charge is 0.333 e. The van der Waals surface area contributed by atoms with E-state index in [4.69, 9.17) is 4.99 Å². The van der Waals surface area contributed by atoms with Crippen LogP contribution in [0.15, 0.2) is 71.0 Å². The van der Waals surface area contributed by atoms with Gasteiger partial charge in [-0.2, -0.15) is 0 Å². The second-order valence-electron chi connectivity index (χ2n) is 11.5. The van der Waals surface area contributed by atoms with Gasteiger partial charge in [0.15, 0.2) is 5.78 Å². The van der Waals surface area contributed by atoms with Crippen molar-refractivity contribution >= 4 is 40.5 Å². The van der Waals surface area contributed by atoms with Gasteiger partial charge in [0.25, 0.3) is 5.91 Å². The van der Waals surface area contributed by atoms with E-state index in [0.717, 1.165) is 47.3 Å². The SMILES string of the molecule is Cc1ccsc1CNC(=O)NC1N=C(c2ccccc2)c2ccccc2N(CC(=O)C(C)(C)C2CCCCC2)C1=O. The first kappa shape index (κ1) is 28.7. The minimum Gasteiger partial charge on any atom is -0.333 e. The highest BCUT2D eigenvalue weighted by atomic mass is 32.1. The first-order valence-electron chi connectivity index (χ1n) is 14.4. The maximum atomic E-state index is 14.2. The van der Waals surface area contributed by atoms with Gasteiger partial charge in [-0.05, 0) is 48.8 Å². The Labute approximate surface area is 246 Å². The summed E-state index contributed by atoms with van der Waals surface area (Å²) in [7, 11) is 0. The normalized spacial score (nSPS) is 17.8. The minimum atomic E-state index is -1.20. The molecule has 0 spiro atoms. The first-order valence-corrected chi connectivity index (χ1v) is 15.3. The molecule has 41 heavy (non-hydrogen) atoms. The van der Waals surface area contributed by atoms with Crippen molar-refractivity contribution in [3.05, 3.63) is 87.6 Å². The fourth-order valence-corrected chi connectivity index (χ4v) is 6.68. The smallest absolute Gasteiger partial charge is 0.317 e. The van der Waals surface area contributed by atoms with E-state index in [-0.39, 0.29) is 18.2 Å². The molecule has 2 heterocycles. The summed E-state index contributed by atoms with van der Waals surface area (Å²) in [5.41, 5.74) is 3.32. The Morgan fingerprint density at radius 3 is 2.41 bits per heavy atom. The summed E-state index contributed by atoms with van der Waals surface area (Å²) in [5, 5.41) is 7.64. The molecule has 1 aliphatic carbocycles. The quantitative estimate of drug-likeness (QED) is 0.336. The third-order valence-electron chi connectivity index (χ3n) is 8.55. The van der Waals surface area contributed by atoms with E-state index in [9.17, 15) is 14.4 Å². The highest BCUT2D eigenvalue weighted by molar-refractivity contribution is 7.10. The third-order valence-corrected chi connectivity index (χ3v) is 9.57. The Balaban J connectivity index is 1.47. The Kier molecular flexibility index (Phi) is 8.68. The fraction of sp³-hybridized carbons (Fsp3) is 0.394. The molecule has 3 aromatic rings.